The van der Waals surface area contributed by atoms with Crippen molar-refractivity contribution in [3.05, 3.63) is 84.2 Å². The van der Waals surface area contributed by atoms with Gasteiger partial charge >= 0.3 is 6.03 Å². The highest BCUT2D eigenvalue weighted by Crippen LogP contribution is 2.33. The van der Waals surface area contributed by atoms with Gasteiger partial charge in [-0.25, -0.2) is 9.18 Å². The second kappa shape index (κ2) is 10.9. The number of carbonyl (C=O) groups excluding carboxylic acids is 2. The molecule has 35 heavy (non-hydrogen) atoms. The maximum Gasteiger partial charge on any atom is 0.321 e. The molecule has 1 aliphatic heterocycles. The first-order valence-electron chi connectivity index (χ1n) is 11.4. The van der Waals surface area contributed by atoms with E-state index in [2.05, 4.69) is 10.6 Å². The van der Waals surface area contributed by atoms with Crippen LogP contribution in [0, 0.1) is 11.7 Å². The second-order valence-corrected chi connectivity index (χ2v) is 8.41. The molecule has 0 aromatic heterocycles. The van der Waals surface area contributed by atoms with Crippen molar-refractivity contribution >= 4 is 23.3 Å². The molecule has 182 valence electrons. The number of likely N-dealkylation sites (tertiary alicyclic amines) is 1. The zero-order valence-corrected chi connectivity index (χ0v) is 19.7. The predicted molar refractivity (Wildman–Crippen MR) is 132 cm³/mol. The molecule has 7 nitrogen and oxygen atoms in total. The van der Waals surface area contributed by atoms with Crippen LogP contribution in [0.5, 0.6) is 11.5 Å². The number of hydrogen-bond acceptors (Lipinski definition) is 4. The summed E-state index contributed by atoms with van der Waals surface area (Å²) >= 11 is 0. The molecule has 8 heteroatoms. The van der Waals surface area contributed by atoms with Crippen molar-refractivity contribution in [3.8, 4) is 11.5 Å². The van der Waals surface area contributed by atoms with Crippen molar-refractivity contribution < 1.29 is 23.5 Å². The quantitative estimate of drug-likeness (QED) is 0.517. The number of hydrogen-bond donors (Lipinski definition) is 2. The molecule has 2 N–H and O–H groups in total. The number of nitrogens with zero attached hydrogens (tertiary/aromatic N) is 1. The van der Waals surface area contributed by atoms with Crippen LogP contribution in [0.1, 0.15) is 17.9 Å². The molecule has 2 unspecified atom stereocenters. The number of piperidine rings is 1. The summed E-state index contributed by atoms with van der Waals surface area (Å²) < 4.78 is 24.7. The van der Waals surface area contributed by atoms with E-state index >= 15 is 0 Å². The number of urea groups is 1. The Kier molecular flexibility index (Phi) is 7.50. The lowest BCUT2D eigenvalue weighted by molar-refractivity contribution is -0.121. The van der Waals surface area contributed by atoms with Crippen molar-refractivity contribution in [3.63, 3.8) is 0 Å². The van der Waals surface area contributed by atoms with Crippen LogP contribution >= 0.6 is 0 Å². The average molecular weight is 478 g/mol. The number of anilines is 2. The molecule has 1 heterocycles. The lowest BCUT2D eigenvalue weighted by Crippen LogP contribution is -2.48. The summed E-state index contributed by atoms with van der Waals surface area (Å²) in [5, 5.41) is 5.57. The van der Waals surface area contributed by atoms with Gasteiger partial charge in [-0.05, 0) is 36.2 Å². The number of benzene rings is 3. The summed E-state index contributed by atoms with van der Waals surface area (Å²) in [6.45, 7) is 0.619. The van der Waals surface area contributed by atoms with Gasteiger partial charge in [0.25, 0.3) is 0 Å². The van der Waals surface area contributed by atoms with Crippen molar-refractivity contribution in [1.82, 2.24) is 4.90 Å². The van der Waals surface area contributed by atoms with Crippen LogP contribution in [0.15, 0.2) is 72.8 Å². The average Bonchev–Trinajstić information content (AvgIpc) is 2.90. The minimum absolute atomic E-state index is 0.0511. The first-order chi connectivity index (χ1) is 17.0. The third-order valence-corrected chi connectivity index (χ3v) is 6.16. The Morgan fingerprint density at radius 3 is 2.34 bits per heavy atom. The van der Waals surface area contributed by atoms with Crippen LogP contribution in [0.25, 0.3) is 0 Å². The molecule has 0 spiro atoms. The molecule has 3 aromatic carbocycles. The maximum atomic E-state index is 14.1. The van der Waals surface area contributed by atoms with Gasteiger partial charge in [0.15, 0.2) is 0 Å². The number of halogens is 1. The Hall–Kier alpha value is -4.07. The van der Waals surface area contributed by atoms with E-state index in [9.17, 15) is 14.0 Å². The lowest BCUT2D eigenvalue weighted by atomic mass is 9.84. The van der Waals surface area contributed by atoms with Gasteiger partial charge in [-0.3, -0.25) is 4.79 Å². The number of para-hydroxylation sites is 1. The van der Waals surface area contributed by atoms with Gasteiger partial charge in [0, 0.05) is 25.1 Å². The molecule has 1 aliphatic rings. The van der Waals surface area contributed by atoms with E-state index in [-0.39, 0.29) is 24.1 Å². The fraction of sp³-hybridized carbons (Fsp3) is 0.259. The first kappa shape index (κ1) is 24.1. The molecule has 0 saturated carbocycles. The summed E-state index contributed by atoms with van der Waals surface area (Å²) in [6.07, 6.45) is 0.567. The van der Waals surface area contributed by atoms with Gasteiger partial charge in [0.1, 0.15) is 17.3 Å². The normalized spacial score (nSPS) is 17.4. The van der Waals surface area contributed by atoms with Crippen molar-refractivity contribution in [2.45, 2.75) is 12.3 Å². The number of carbonyl (C=O) groups is 2. The standard InChI is InChI=1S/C27H28FN3O4/c1-34-21-12-13-24(25(15-21)35-2)29-26(32)20-14-19(18-8-4-3-5-9-18)16-31(17-20)27(33)30-23-11-7-6-10-22(23)28/h3-13,15,19-20H,14,16-17H2,1-2H3,(H,29,32)(H,30,33). The first-order valence-corrected chi connectivity index (χ1v) is 11.4. The molecule has 3 aromatic rings. The molecular weight excluding hydrogens is 449 g/mol. The van der Waals surface area contributed by atoms with Crippen LogP contribution in [0.3, 0.4) is 0 Å². The van der Waals surface area contributed by atoms with Crippen LogP contribution in [-0.4, -0.2) is 44.1 Å². The fourth-order valence-electron chi connectivity index (χ4n) is 4.31. The maximum absolute atomic E-state index is 14.1. The highest BCUT2D eigenvalue weighted by molar-refractivity contribution is 5.95. The van der Waals surface area contributed by atoms with E-state index in [1.165, 1.54) is 19.2 Å². The molecule has 1 fully saturated rings. The van der Waals surface area contributed by atoms with E-state index in [0.717, 1.165) is 5.56 Å². The smallest absolute Gasteiger partial charge is 0.321 e. The molecule has 0 aliphatic carbocycles. The molecule has 3 amide bonds. The highest BCUT2D eigenvalue weighted by atomic mass is 19.1. The summed E-state index contributed by atoms with van der Waals surface area (Å²) in [7, 11) is 3.07. The third-order valence-electron chi connectivity index (χ3n) is 6.16. The van der Waals surface area contributed by atoms with E-state index < -0.39 is 17.8 Å². The molecular formula is C27H28FN3O4. The van der Waals surface area contributed by atoms with E-state index in [1.54, 1.807) is 42.3 Å². The van der Waals surface area contributed by atoms with Crippen LogP contribution in [0.4, 0.5) is 20.6 Å². The van der Waals surface area contributed by atoms with Gasteiger partial charge in [-0.15, -0.1) is 0 Å². The van der Waals surface area contributed by atoms with E-state index in [4.69, 9.17) is 9.47 Å². The summed E-state index contributed by atoms with van der Waals surface area (Å²) in [5.74, 6) is -0.187. The van der Waals surface area contributed by atoms with Crippen molar-refractivity contribution in [1.29, 1.82) is 0 Å². The summed E-state index contributed by atoms with van der Waals surface area (Å²) in [4.78, 5) is 28.0. The van der Waals surface area contributed by atoms with Gasteiger partial charge in [0.05, 0.1) is 31.5 Å². The Balaban J connectivity index is 1.55. The molecule has 0 bridgehead atoms. The number of methoxy groups -OCH3 is 2. The summed E-state index contributed by atoms with van der Waals surface area (Å²) in [6, 6.07) is 20.5. The SMILES string of the molecule is COc1ccc(NC(=O)C2CC(c3ccccc3)CN(C(=O)Nc3ccccc3F)C2)c(OC)c1. The van der Waals surface area contributed by atoms with E-state index in [0.29, 0.717) is 30.2 Å². The van der Waals surface area contributed by atoms with Gasteiger partial charge in [-0.1, -0.05) is 42.5 Å². The summed E-state index contributed by atoms with van der Waals surface area (Å²) in [5.41, 5.74) is 1.65. The van der Waals surface area contributed by atoms with Crippen LogP contribution in [0.2, 0.25) is 0 Å². The fourth-order valence-corrected chi connectivity index (χ4v) is 4.31. The van der Waals surface area contributed by atoms with Crippen LogP contribution in [-0.2, 0) is 4.79 Å². The van der Waals surface area contributed by atoms with Gasteiger partial charge < -0.3 is 25.0 Å². The predicted octanol–water partition coefficient (Wildman–Crippen LogP) is 5.12. The number of nitrogens with one attached hydrogen (secondary N) is 2. The lowest BCUT2D eigenvalue weighted by Gasteiger charge is -2.37. The highest BCUT2D eigenvalue weighted by Gasteiger charge is 2.35. The Morgan fingerprint density at radius 2 is 1.63 bits per heavy atom. The van der Waals surface area contributed by atoms with Crippen molar-refractivity contribution in [2.75, 3.05) is 37.9 Å². The molecule has 1 saturated heterocycles. The van der Waals surface area contributed by atoms with Gasteiger partial charge in [0.2, 0.25) is 5.91 Å². The number of ether oxygens (including phenoxy) is 2. The molecule has 4 rings (SSSR count). The molecule has 0 radical (unpaired) electrons. The third kappa shape index (κ3) is 5.71. The van der Waals surface area contributed by atoms with E-state index in [1.807, 2.05) is 30.3 Å². The van der Waals surface area contributed by atoms with Crippen LogP contribution < -0.4 is 20.1 Å². The Labute approximate surface area is 203 Å². The largest absolute Gasteiger partial charge is 0.497 e. The zero-order chi connectivity index (χ0) is 24.8. The topological polar surface area (TPSA) is 79.9 Å². The van der Waals surface area contributed by atoms with Crippen molar-refractivity contribution in [2.24, 2.45) is 5.92 Å². The Bertz CT molecular complexity index is 1190. The van der Waals surface area contributed by atoms with Gasteiger partial charge in [-0.2, -0.15) is 0 Å². The Morgan fingerprint density at radius 1 is 0.886 bits per heavy atom. The number of amides is 3. The molecule has 2 atom stereocenters. The minimum Gasteiger partial charge on any atom is -0.497 e. The number of rotatable bonds is 6. The second-order valence-electron chi connectivity index (χ2n) is 8.41. The zero-order valence-electron chi connectivity index (χ0n) is 19.7. The monoisotopic (exact) mass is 477 g/mol. The minimum atomic E-state index is -0.515.